The second kappa shape index (κ2) is 7.94. The number of carbonyl (C=O) groups is 1. The van der Waals surface area contributed by atoms with Crippen molar-refractivity contribution in [3.63, 3.8) is 0 Å². The number of carbonyl (C=O) groups excluding carboxylic acids is 1. The number of aromatic nitrogens is 1. The molecule has 1 saturated heterocycles. The molecule has 2 aromatic carbocycles. The number of hydrogen-bond donors (Lipinski definition) is 0. The van der Waals surface area contributed by atoms with Gasteiger partial charge in [-0.25, -0.2) is 4.39 Å². The highest BCUT2D eigenvalue weighted by Gasteiger charge is 2.28. The Morgan fingerprint density at radius 1 is 1.07 bits per heavy atom. The van der Waals surface area contributed by atoms with Crippen LogP contribution in [0.15, 0.2) is 53.1 Å². The Bertz CT molecular complexity index is 1070. The average Bonchev–Trinajstić information content (AvgIpc) is 3.15. The van der Waals surface area contributed by atoms with Crippen LogP contribution < -0.4 is 4.90 Å². The van der Waals surface area contributed by atoms with E-state index in [0.717, 1.165) is 5.69 Å². The minimum Gasteiger partial charge on any atom is -0.368 e. The van der Waals surface area contributed by atoms with E-state index in [2.05, 4.69) is 10.1 Å². The van der Waals surface area contributed by atoms with Crippen molar-refractivity contribution in [3.05, 3.63) is 75.8 Å². The van der Waals surface area contributed by atoms with Gasteiger partial charge >= 0.3 is 0 Å². The van der Waals surface area contributed by atoms with E-state index < -0.39 is 4.92 Å². The predicted molar refractivity (Wildman–Crippen MR) is 108 cm³/mol. The third kappa shape index (κ3) is 3.73. The van der Waals surface area contributed by atoms with Crippen LogP contribution in [-0.2, 0) is 0 Å². The van der Waals surface area contributed by atoms with Crippen LogP contribution >= 0.6 is 0 Å². The average molecular weight is 410 g/mol. The topological polar surface area (TPSA) is 92.7 Å². The molecule has 9 heteroatoms. The van der Waals surface area contributed by atoms with Crippen molar-refractivity contribution in [2.24, 2.45) is 0 Å². The first-order valence-electron chi connectivity index (χ1n) is 9.45. The highest BCUT2D eigenvalue weighted by molar-refractivity contribution is 6.00. The third-order valence-electron chi connectivity index (χ3n) is 5.19. The molecule has 0 aliphatic carbocycles. The van der Waals surface area contributed by atoms with E-state index in [4.69, 9.17) is 4.52 Å². The molecule has 154 valence electrons. The van der Waals surface area contributed by atoms with E-state index in [-0.39, 0.29) is 17.4 Å². The van der Waals surface area contributed by atoms with E-state index in [9.17, 15) is 19.3 Å². The number of non-ortho nitro benzene ring substituents is 1. The number of amides is 1. The fourth-order valence-corrected chi connectivity index (χ4v) is 3.54. The van der Waals surface area contributed by atoms with Crippen molar-refractivity contribution < 1.29 is 18.6 Å². The fraction of sp³-hybridized carbons (Fsp3) is 0.238. The van der Waals surface area contributed by atoms with Gasteiger partial charge in [0.2, 0.25) is 0 Å². The van der Waals surface area contributed by atoms with E-state index in [1.54, 1.807) is 36.1 Å². The zero-order valence-electron chi connectivity index (χ0n) is 16.2. The standard InChI is InChI=1S/C21H19FN4O4/c1-14-19(20(23-30-14)15-2-4-16(22)5-3-15)21(27)25-12-10-24(11-13-25)17-6-8-18(9-7-17)26(28)29/h2-9H,10-13H2,1H3. The molecular formula is C21H19FN4O4. The van der Waals surface area contributed by atoms with Gasteiger partial charge in [-0.2, -0.15) is 0 Å². The normalized spacial score (nSPS) is 14.1. The molecule has 4 rings (SSSR count). The number of nitrogens with zero attached hydrogens (tertiary/aromatic N) is 4. The van der Waals surface area contributed by atoms with E-state index >= 15 is 0 Å². The van der Waals surface area contributed by atoms with Crippen LogP contribution in [0.2, 0.25) is 0 Å². The van der Waals surface area contributed by atoms with Crippen LogP contribution in [0.1, 0.15) is 16.1 Å². The largest absolute Gasteiger partial charge is 0.368 e. The van der Waals surface area contributed by atoms with Crippen LogP contribution in [0, 0.1) is 22.9 Å². The van der Waals surface area contributed by atoms with Gasteiger partial charge in [-0.1, -0.05) is 5.16 Å². The smallest absolute Gasteiger partial charge is 0.269 e. The fourth-order valence-electron chi connectivity index (χ4n) is 3.54. The summed E-state index contributed by atoms with van der Waals surface area (Å²) < 4.78 is 18.5. The van der Waals surface area contributed by atoms with E-state index in [1.165, 1.54) is 24.3 Å². The van der Waals surface area contributed by atoms with Gasteiger partial charge in [-0.15, -0.1) is 0 Å². The molecule has 0 atom stereocenters. The molecule has 0 radical (unpaired) electrons. The molecule has 0 saturated carbocycles. The molecule has 0 spiro atoms. The van der Waals surface area contributed by atoms with Crippen LogP contribution in [0.25, 0.3) is 11.3 Å². The Hall–Kier alpha value is -3.75. The SMILES string of the molecule is Cc1onc(-c2ccc(F)cc2)c1C(=O)N1CCN(c2ccc([N+](=O)[O-])cc2)CC1. The first-order valence-corrected chi connectivity index (χ1v) is 9.45. The van der Waals surface area contributed by atoms with Gasteiger partial charge in [0, 0.05) is 49.6 Å². The Morgan fingerprint density at radius 3 is 2.30 bits per heavy atom. The molecule has 1 aromatic heterocycles. The summed E-state index contributed by atoms with van der Waals surface area (Å²) in [5.41, 5.74) is 2.31. The van der Waals surface area contributed by atoms with Crippen LogP contribution in [0.5, 0.6) is 0 Å². The number of hydrogen-bond acceptors (Lipinski definition) is 6. The minimum atomic E-state index is -0.430. The minimum absolute atomic E-state index is 0.0452. The summed E-state index contributed by atoms with van der Waals surface area (Å²) in [4.78, 5) is 27.4. The summed E-state index contributed by atoms with van der Waals surface area (Å²) in [7, 11) is 0. The van der Waals surface area contributed by atoms with Crippen LogP contribution in [0.3, 0.4) is 0 Å². The Morgan fingerprint density at radius 2 is 1.70 bits per heavy atom. The molecule has 1 amide bonds. The van der Waals surface area contributed by atoms with Gasteiger partial charge in [-0.05, 0) is 43.3 Å². The van der Waals surface area contributed by atoms with E-state index in [0.29, 0.717) is 48.8 Å². The number of aryl methyl sites for hydroxylation is 1. The highest BCUT2D eigenvalue weighted by Crippen LogP contribution is 2.28. The molecule has 0 N–H and O–H groups in total. The van der Waals surface area contributed by atoms with Crippen LogP contribution in [-0.4, -0.2) is 47.1 Å². The first-order chi connectivity index (χ1) is 14.4. The van der Waals surface area contributed by atoms with Crippen molar-refractivity contribution >= 4 is 17.3 Å². The maximum Gasteiger partial charge on any atom is 0.269 e. The van der Waals surface area contributed by atoms with Crippen LogP contribution in [0.4, 0.5) is 15.8 Å². The molecule has 1 aliphatic heterocycles. The predicted octanol–water partition coefficient (Wildman–Crippen LogP) is 3.66. The number of rotatable bonds is 4. The zero-order chi connectivity index (χ0) is 21.3. The summed E-state index contributed by atoms with van der Waals surface area (Å²) in [6.45, 7) is 3.85. The summed E-state index contributed by atoms with van der Waals surface area (Å²) in [6.07, 6.45) is 0. The summed E-state index contributed by atoms with van der Waals surface area (Å²) in [6, 6.07) is 12.1. The molecule has 3 aromatic rings. The number of anilines is 1. The quantitative estimate of drug-likeness (QED) is 0.481. The van der Waals surface area contributed by atoms with Crippen molar-refractivity contribution in [1.82, 2.24) is 10.1 Å². The van der Waals surface area contributed by atoms with Gasteiger partial charge in [0.05, 0.1) is 4.92 Å². The Kier molecular flexibility index (Phi) is 5.18. The van der Waals surface area contributed by atoms with Crippen molar-refractivity contribution in [1.29, 1.82) is 0 Å². The molecule has 1 fully saturated rings. The Balaban J connectivity index is 1.48. The zero-order valence-corrected chi connectivity index (χ0v) is 16.2. The lowest BCUT2D eigenvalue weighted by Gasteiger charge is -2.36. The molecule has 8 nitrogen and oxygen atoms in total. The number of nitro benzene ring substituents is 1. The highest BCUT2D eigenvalue weighted by atomic mass is 19.1. The molecule has 0 bridgehead atoms. The lowest BCUT2D eigenvalue weighted by atomic mass is 10.0. The molecule has 30 heavy (non-hydrogen) atoms. The van der Waals surface area contributed by atoms with Gasteiger partial charge in [-0.3, -0.25) is 14.9 Å². The summed E-state index contributed by atoms with van der Waals surface area (Å²) >= 11 is 0. The molecule has 0 unspecified atom stereocenters. The molecule has 1 aliphatic rings. The second-order valence-electron chi connectivity index (χ2n) is 7.02. The van der Waals surface area contributed by atoms with Gasteiger partial charge in [0.15, 0.2) is 0 Å². The third-order valence-corrected chi connectivity index (χ3v) is 5.19. The number of halogens is 1. The maximum atomic E-state index is 13.2. The lowest BCUT2D eigenvalue weighted by Crippen LogP contribution is -2.49. The lowest BCUT2D eigenvalue weighted by molar-refractivity contribution is -0.384. The summed E-state index contributed by atoms with van der Waals surface area (Å²) in [5, 5.41) is 14.8. The van der Waals surface area contributed by atoms with Gasteiger partial charge in [0.25, 0.3) is 11.6 Å². The van der Waals surface area contributed by atoms with Crippen molar-refractivity contribution in [2.45, 2.75) is 6.92 Å². The Labute approximate surface area is 171 Å². The summed E-state index contributed by atoms with van der Waals surface area (Å²) in [5.74, 6) is -0.136. The maximum absolute atomic E-state index is 13.2. The number of nitro groups is 1. The monoisotopic (exact) mass is 410 g/mol. The van der Waals surface area contributed by atoms with E-state index in [1.807, 2.05) is 0 Å². The molecule has 2 heterocycles. The van der Waals surface area contributed by atoms with Gasteiger partial charge < -0.3 is 14.3 Å². The molecular weight excluding hydrogens is 391 g/mol. The first kappa shape index (κ1) is 19.6. The van der Waals surface area contributed by atoms with Gasteiger partial charge in [0.1, 0.15) is 22.8 Å². The second-order valence-corrected chi connectivity index (χ2v) is 7.02. The van der Waals surface area contributed by atoms with Crippen molar-refractivity contribution in [3.8, 4) is 11.3 Å². The van der Waals surface area contributed by atoms with Crippen molar-refractivity contribution in [2.75, 3.05) is 31.1 Å². The number of piperazine rings is 1. The number of benzene rings is 2.